The zero-order chi connectivity index (χ0) is 18.1. The summed E-state index contributed by atoms with van der Waals surface area (Å²) in [5.74, 6) is 1.09. The number of hydrogen-bond donors (Lipinski definition) is 1. The number of nitrogens with zero attached hydrogens (tertiary/aromatic N) is 1. The number of ketones is 1. The van der Waals surface area contributed by atoms with E-state index in [1.54, 1.807) is 13.2 Å². The lowest BCUT2D eigenvalue weighted by atomic mass is 9.72. The lowest BCUT2D eigenvalue weighted by Crippen LogP contribution is -2.50. The van der Waals surface area contributed by atoms with Crippen LogP contribution in [0.5, 0.6) is 0 Å². The van der Waals surface area contributed by atoms with Gasteiger partial charge in [-0.3, -0.25) is 9.69 Å². The normalized spacial score (nSPS) is 25.5. The van der Waals surface area contributed by atoms with Crippen LogP contribution in [0.25, 0.3) is 10.9 Å². The summed E-state index contributed by atoms with van der Waals surface area (Å²) >= 11 is 0. The number of allylic oxidation sites excluding steroid dienone is 1. The first-order chi connectivity index (χ1) is 12.7. The fourth-order valence-corrected chi connectivity index (χ4v) is 4.90. The summed E-state index contributed by atoms with van der Waals surface area (Å²) < 4.78 is 5.68. The van der Waals surface area contributed by atoms with Crippen molar-refractivity contribution in [2.24, 2.45) is 5.92 Å². The maximum atomic E-state index is 11.0. The number of benzene rings is 1. The molecule has 1 saturated heterocycles. The predicted molar refractivity (Wildman–Crippen MR) is 104 cm³/mol. The Bertz CT molecular complexity index is 823. The van der Waals surface area contributed by atoms with Crippen molar-refractivity contribution in [1.29, 1.82) is 0 Å². The molecule has 2 heterocycles. The molecule has 1 aromatic heterocycles. The average Bonchev–Trinajstić information content (AvgIpc) is 3.04. The third-order valence-electron chi connectivity index (χ3n) is 5.90. The molecule has 0 radical (unpaired) electrons. The Hall–Kier alpha value is -2.07. The van der Waals surface area contributed by atoms with Gasteiger partial charge in [0, 0.05) is 47.6 Å². The Labute approximate surface area is 155 Å². The van der Waals surface area contributed by atoms with E-state index in [2.05, 4.69) is 41.2 Å². The number of nitrogens with one attached hydrogen (secondary N) is 1. The minimum Gasteiger partial charge on any atom is -0.501 e. The van der Waals surface area contributed by atoms with Gasteiger partial charge in [0.1, 0.15) is 0 Å². The van der Waals surface area contributed by atoms with Crippen LogP contribution in [0.3, 0.4) is 0 Å². The van der Waals surface area contributed by atoms with Crippen LogP contribution in [0, 0.1) is 5.92 Å². The second kappa shape index (κ2) is 7.28. The molecule has 0 saturated carbocycles. The van der Waals surface area contributed by atoms with Crippen LogP contribution in [0.2, 0.25) is 0 Å². The highest BCUT2D eigenvalue weighted by Gasteiger charge is 2.40. The van der Waals surface area contributed by atoms with Crippen molar-refractivity contribution in [2.45, 2.75) is 45.1 Å². The summed E-state index contributed by atoms with van der Waals surface area (Å²) in [5, 5.41) is 1.45. The number of ether oxygens (including phenoxy) is 1. The molecule has 1 unspecified atom stereocenters. The van der Waals surface area contributed by atoms with E-state index in [1.807, 2.05) is 0 Å². The fourth-order valence-electron chi connectivity index (χ4n) is 4.90. The molecule has 3 atom stereocenters. The quantitative estimate of drug-likeness (QED) is 0.631. The first-order valence-electron chi connectivity index (χ1n) is 9.79. The number of carbonyl (C=O) groups is 1. The number of likely N-dealkylation sites (tertiary alicyclic amines) is 1. The van der Waals surface area contributed by atoms with Gasteiger partial charge in [-0.05, 0) is 49.9 Å². The van der Waals surface area contributed by atoms with Crippen molar-refractivity contribution in [1.82, 2.24) is 9.88 Å². The summed E-state index contributed by atoms with van der Waals surface area (Å²) in [4.78, 5) is 17.2. The zero-order valence-electron chi connectivity index (χ0n) is 15.7. The van der Waals surface area contributed by atoms with E-state index in [4.69, 9.17) is 4.74 Å². The predicted octanol–water partition coefficient (Wildman–Crippen LogP) is 4.03. The van der Waals surface area contributed by atoms with E-state index in [9.17, 15) is 4.79 Å². The summed E-state index contributed by atoms with van der Waals surface area (Å²) in [5.41, 5.74) is 4.23. The Kier molecular flexibility index (Phi) is 4.86. The van der Waals surface area contributed by atoms with Gasteiger partial charge in [-0.2, -0.15) is 0 Å². The highest BCUT2D eigenvalue weighted by Crippen LogP contribution is 2.44. The molecule has 138 valence electrons. The molecule has 4 nitrogen and oxygen atoms in total. The van der Waals surface area contributed by atoms with E-state index in [1.165, 1.54) is 34.5 Å². The standard InChI is InChI=1S/C22H28N2O2/c1-3-8-24-13-16(14-26-9-7-15(2)25)10-19-18-5-4-6-20-22(18)17(12-23-20)11-21(19)24/h4-7,9,12,16,19,21,23H,3,8,10-11,13-14H2,1-2H3/b9-7+/t16-,19?,21-/m1/s1. The topological polar surface area (TPSA) is 45.3 Å². The molecule has 26 heavy (non-hydrogen) atoms. The van der Waals surface area contributed by atoms with Gasteiger partial charge in [-0.1, -0.05) is 19.1 Å². The van der Waals surface area contributed by atoms with Gasteiger partial charge in [-0.15, -0.1) is 0 Å². The largest absolute Gasteiger partial charge is 0.501 e. The van der Waals surface area contributed by atoms with Gasteiger partial charge in [0.05, 0.1) is 12.9 Å². The Morgan fingerprint density at radius 3 is 3.12 bits per heavy atom. The van der Waals surface area contributed by atoms with Crippen LogP contribution in [0.4, 0.5) is 0 Å². The Balaban J connectivity index is 1.58. The first kappa shape index (κ1) is 17.3. The van der Waals surface area contributed by atoms with E-state index >= 15 is 0 Å². The summed E-state index contributed by atoms with van der Waals surface area (Å²) in [6.45, 7) is 6.71. The summed E-state index contributed by atoms with van der Waals surface area (Å²) in [6.07, 6.45) is 8.73. The van der Waals surface area contributed by atoms with Gasteiger partial charge in [-0.25, -0.2) is 0 Å². The minimum atomic E-state index is 0.0280. The first-order valence-corrected chi connectivity index (χ1v) is 9.79. The van der Waals surface area contributed by atoms with Crippen LogP contribution in [-0.4, -0.2) is 41.4 Å². The molecule has 0 spiro atoms. The number of aromatic nitrogens is 1. The van der Waals surface area contributed by atoms with Gasteiger partial charge in [0.15, 0.2) is 5.78 Å². The molecule has 1 aliphatic heterocycles. The third kappa shape index (κ3) is 3.18. The van der Waals surface area contributed by atoms with Crippen LogP contribution >= 0.6 is 0 Å². The number of carbonyl (C=O) groups excluding carboxylic acids is 1. The average molecular weight is 352 g/mol. The SMILES string of the molecule is CCCN1C[C@H](CO/C=C/C(C)=O)CC2c3cccc4[nH]cc(c34)C[C@H]21. The van der Waals surface area contributed by atoms with Gasteiger partial charge < -0.3 is 9.72 Å². The maximum Gasteiger partial charge on any atom is 0.155 e. The zero-order valence-corrected chi connectivity index (χ0v) is 15.7. The number of piperidine rings is 1. The van der Waals surface area contributed by atoms with Gasteiger partial charge in [0.25, 0.3) is 0 Å². The van der Waals surface area contributed by atoms with Crippen LogP contribution < -0.4 is 0 Å². The second-order valence-electron chi connectivity index (χ2n) is 7.81. The summed E-state index contributed by atoms with van der Waals surface area (Å²) in [6, 6.07) is 7.27. The van der Waals surface area contributed by atoms with Crippen molar-refractivity contribution >= 4 is 16.7 Å². The molecule has 2 aromatic rings. The van der Waals surface area contributed by atoms with Gasteiger partial charge in [0.2, 0.25) is 0 Å². The lowest BCUT2D eigenvalue weighted by Gasteiger charge is -2.47. The van der Waals surface area contributed by atoms with Crippen molar-refractivity contribution in [2.75, 3.05) is 19.7 Å². The molecule has 4 rings (SSSR count). The minimum absolute atomic E-state index is 0.0280. The van der Waals surface area contributed by atoms with Crippen molar-refractivity contribution < 1.29 is 9.53 Å². The molecular formula is C22H28N2O2. The summed E-state index contributed by atoms with van der Waals surface area (Å²) in [7, 11) is 0. The molecule has 0 amide bonds. The molecule has 1 aliphatic carbocycles. The highest BCUT2D eigenvalue weighted by atomic mass is 16.5. The third-order valence-corrected chi connectivity index (χ3v) is 5.90. The van der Waals surface area contributed by atoms with Crippen LogP contribution in [0.15, 0.2) is 36.7 Å². The molecular weight excluding hydrogens is 324 g/mol. The smallest absolute Gasteiger partial charge is 0.155 e. The van der Waals surface area contributed by atoms with Crippen molar-refractivity contribution in [3.05, 3.63) is 47.9 Å². The number of fused-ring (bicyclic) bond motifs is 2. The second-order valence-corrected chi connectivity index (χ2v) is 7.81. The fraction of sp³-hybridized carbons (Fsp3) is 0.500. The molecule has 1 fully saturated rings. The number of aromatic amines is 1. The molecule has 1 N–H and O–H groups in total. The van der Waals surface area contributed by atoms with E-state index in [0.717, 1.165) is 25.9 Å². The molecule has 0 bridgehead atoms. The molecule has 4 heteroatoms. The highest BCUT2D eigenvalue weighted by molar-refractivity contribution is 5.88. The maximum absolute atomic E-state index is 11.0. The Morgan fingerprint density at radius 2 is 2.31 bits per heavy atom. The Morgan fingerprint density at radius 1 is 1.42 bits per heavy atom. The number of rotatable bonds is 6. The molecule has 2 aliphatic rings. The van der Waals surface area contributed by atoms with Gasteiger partial charge >= 0.3 is 0 Å². The van der Waals surface area contributed by atoms with Crippen molar-refractivity contribution in [3.63, 3.8) is 0 Å². The van der Waals surface area contributed by atoms with Crippen LogP contribution in [0.1, 0.15) is 43.7 Å². The number of hydrogen-bond acceptors (Lipinski definition) is 3. The number of H-pyrrole nitrogens is 1. The van der Waals surface area contributed by atoms with E-state index in [0.29, 0.717) is 24.5 Å². The van der Waals surface area contributed by atoms with Crippen LogP contribution in [-0.2, 0) is 16.0 Å². The van der Waals surface area contributed by atoms with E-state index < -0.39 is 0 Å². The molecule has 1 aromatic carbocycles. The monoisotopic (exact) mass is 352 g/mol. The van der Waals surface area contributed by atoms with Crippen molar-refractivity contribution in [3.8, 4) is 0 Å². The van der Waals surface area contributed by atoms with E-state index in [-0.39, 0.29) is 5.78 Å². The lowest BCUT2D eigenvalue weighted by molar-refractivity contribution is -0.112.